The smallest absolute Gasteiger partial charge is 0.307 e. The number of rotatable bonds is 11. The molecule has 0 aliphatic heterocycles. The summed E-state index contributed by atoms with van der Waals surface area (Å²) in [5.41, 5.74) is 1.01. The Morgan fingerprint density at radius 1 is 1.32 bits per heavy atom. The summed E-state index contributed by atoms with van der Waals surface area (Å²) in [5.74, 6) is 0.362. The average Bonchev–Trinajstić information content (AvgIpc) is 3.34. The first kappa shape index (κ1) is 20.5. The van der Waals surface area contributed by atoms with Crippen LogP contribution < -0.4 is 5.32 Å². The van der Waals surface area contributed by atoms with Crippen LogP contribution in [0.2, 0.25) is 0 Å². The molecule has 1 aromatic heterocycles. The van der Waals surface area contributed by atoms with E-state index < -0.39 is 0 Å². The van der Waals surface area contributed by atoms with Crippen molar-refractivity contribution < 1.29 is 14.3 Å². The van der Waals surface area contributed by atoms with E-state index >= 15 is 0 Å². The minimum absolute atomic E-state index is 0.0615. The van der Waals surface area contributed by atoms with Gasteiger partial charge < -0.3 is 10.1 Å². The largest absolute Gasteiger partial charge is 0.466 e. The highest BCUT2D eigenvalue weighted by Crippen LogP contribution is 2.30. The Hall–Kier alpha value is -2.25. The monoisotopic (exact) mass is 401 g/mol. The van der Waals surface area contributed by atoms with Gasteiger partial charge in [-0.1, -0.05) is 30.3 Å². The molecular formula is C21H27N3O3S. The van der Waals surface area contributed by atoms with Gasteiger partial charge in [-0.2, -0.15) is 0 Å². The van der Waals surface area contributed by atoms with Crippen LogP contribution in [-0.2, 0) is 14.3 Å². The van der Waals surface area contributed by atoms with E-state index in [1.807, 2.05) is 35.7 Å². The number of carbonyl (C=O) groups is 2. The first-order chi connectivity index (χ1) is 13.7. The third kappa shape index (κ3) is 6.42. The van der Waals surface area contributed by atoms with Crippen molar-refractivity contribution in [1.29, 1.82) is 0 Å². The molecule has 0 bridgehead atoms. The second-order valence-corrected chi connectivity index (χ2v) is 7.94. The number of nitrogens with zero attached hydrogens (tertiary/aromatic N) is 2. The lowest BCUT2D eigenvalue weighted by Crippen LogP contribution is -2.41. The number of benzene rings is 1. The zero-order chi connectivity index (χ0) is 19.8. The first-order valence-corrected chi connectivity index (χ1v) is 10.7. The lowest BCUT2D eigenvalue weighted by atomic mass is 10.1. The highest BCUT2D eigenvalue weighted by molar-refractivity contribution is 7.09. The van der Waals surface area contributed by atoms with Gasteiger partial charge in [0.25, 0.3) is 0 Å². The number of esters is 1. The predicted octanol–water partition coefficient (Wildman–Crippen LogP) is 3.01. The molecule has 1 atom stereocenters. The van der Waals surface area contributed by atoms with E-state index in [2.05, 4.69) is 15.2 Å². The van der Waals surface area contributed by atoms with Gasteiger partial charge in [0.2, 0.25) is 5.91 Å². The molecule has 1 aliphatic carbocycles. The van der Waals surface area contributed by atoms with Crippen molar-refractivity contribution in [2.24, 2.45) is 5.92 Å². The maximum absolute atomic E-state index is 12.8. The molecule has 1 aromatic carbocycles. The Bertz CT molecular complexity index is 748. The highest BCUT2D eigenvalue weighted by atomic mass is 32.1. The van der Waals surface area contributed by atoms with E-state index in [1.54, 1.807) is 13.1 Å². The molecule has 2 aromatic rings. The fraction of sp³-hybridized carbons (Fsp3) is 0.476. The van der Waals surface area contributed by atoms with E-state index in [9.17, 15) is 9.59 Å². The Kier molecular flexibility index (Phi) is 7.56. The van der Waals surface area contributed by atoms with Crippen molar-refractivity contribution >= 4 is 23.2 Å². The zero-order valence-corrected chi connectivity index (χ0v) is 17.0. The van der Waals surface area contributed by atoms with Crippen LogP contribution in [0.15, 0.2) is 41.9 Å². The van der Waals surface area contributed by atoms with Crippen LogP contribution in [0, 0.1) is 5.92 Å². The van der Waals surface area contributed by atoms with Crippen LogP contribution in [0.5, 0.6) is 0 Å². The molecule has 1 saturated carbocycles. The molecule has 3 rings (SSSR count). The molecule has 1 aliphatic rings. The Morgan fingerprint density at radius 3 is 2.75 bits per heavy atom. The summed E-state index contributed by atoms with van der Waals surface area (Å²) in [4.78, 5) is 31.0. The van der Waals surface area contributed by atoms with Crippen LogP contribution in [0.25, 0.3) is 0 Å². The van der Waals surface area contributed by atoms with Crippen molar-refractivity contribution in [3.05, 3.63) is 52.5 Å². The van der Waals surface area contributed by atoms with E-state index in [0.29, 0.717) is 25.5 Å². The van der Waals surface area contributed by atoms with Gasteiger partial charge >= 0.3 is 5.97 Å². The van der Waals surface area contributed by atoms with Crippen molar-refractivity contribution in [2.45, 2.75) is 32.2 Å². The van der Waals surface area contributed by atoms with E-state index in [4.69, 9.17) is 4.74 Å². The van der Waals surface area contributed by atoms with Crippen molar-refractivity contribution in [3.63, 3.8) is 0 Å². The van der Waals surface area contributed by atoms with Crippen molar-refractivity contribution in [2.75, 3.05) is 26.2 Å². The lowest BCUT2D eigenvalue weighted by Gasteiger charge is -2.23. The highest BCUT2D eigenvalue weighted by Gasteiger charge is 2.27. The molecule has 1 fully saturated rings. The molecule has 28 heavy (non-hydrogen) atoms. The number of nitrogens with one attached hydrogen (secondary N) is 1. The lowest BCUT2D eigenvalue weighted by molar-refractivity contribution is -0.143. The maximum Gasteiger partial charge on any atom is 0.307 e. The summed E-state index contributed by atoms with van der Waals surface area (Å²) in [5, 5.41) is 5.90. The molecule has 1 N–H and O–H groups in total. The second-order valence-electron chi connectivity index (χ2n) is 7.02. The van der Waals surface area contributed by atoms with Crippen LogP contribution >= 0.6 is 11.3 Å². The number of thiazole rings is 1. The topological polar surface area (TPSA) is 71.5 Å². The fourth-order valence-electron chi connectivity index (χ4n) is 3.10. The standard InChI is InChI=1S/C21H27N3O3S/c1-2-27-19(26)10-12-24(14-16-8-9-16)15-18(25)23-20(21-22-11-13-28-21)17-6-4-3-5-7-17/h3-7,11,13,16,20H,2,8-10,12,14-15H2,1H3,(H,23,25). The zero-order valence-electron chi connectivity index (χ0n) is 16.2. The molecule has 1 heterocycles. The summed E-state index contributed by atoms with van der Waals surface area (Å²) in [6.45, 7) is 3.84. The van der Waals surface area contributed by atoms with Gasteiger partial charge in [-0.25, -0.2) is 4.98 Å². The van der Waals surface area contributed by atoms with Gasteiger partial charge in [-0.05, 0) is 31.2 Å². The summed E-state index contributed by atoms with van der Waals surface area (Å²) < 4.78 is 5.02. The molecular weight excluding hydrogens is 374 g/mol. The van der Waals surface area contributed by atoms with Gasteiger partial charge in [-0.15, -0.1) is 11.3 Å². The second kappa shape index (κ2) is 10.3. The Labute approximate surface area is 169 Å². The number of amides is 1. The third-order valence-corrected chi connectivity index (χ3v) is 5.50. The molecule has 6 nitrogen and oxygen atoms in total. The summed E-state index contributed by atoms with van der Waals surface area (Å²) >= 11 is 1.53. The molecule has 7 heteroatoms. The van der Waals surface area contributed by atoms with E-state index in [0.717, 1.165) is 17.1 Å². The van der Waals surface area contributed by atoms with Gasteiger partial charge in [0.05, 0.1) is 19.6 Å². The van der Waals surface area contributed by atoms with Gasteiger partial charge in [-0.3, -0.25) is 14.5 Å². The summed E-state index contributed by atoms with van der Waals surface area (Å²) in [7, 11) is 0. The fourth-order valence-corrected chi connectivity index (χ4v) is 3.82. The van der Waals surface area contributed by atoms with Gasteiger partial charge in [0.15, 0.2) is 0 Å². The molecule has 0 saturated heterocycles. The quantitative estimate of drug-likeness (QED) is 0.586. The van der Waals surface area contributed by atoms with Crippen molar-refractivity contribution in [3.8, 4) is 0 Å². The molecule has 0 spiro atoms. The average molecular weight is 402 g/mol. The van der Waals surface area contributed by atoms with Crippen LogP contribution in [-0.4, -0.2) is 48.0 Å². The van der Waals surface area contributed by atoms with Crippen LogP contribution in [0.1, 0.15) is 42.8 Å². The van der Waals surface area contributed by atoms with Gasteiger partial charge in [0.1, 0.15) is 11.0 Å². The number of hydrogen-bond acceptors (Lipinski definition) is 6. The Balaban J connectivity index is 1.61. The summed E-state index contributed by atoms with van der Waals surface area (Å²) in [6.07, 6.45) is 4.45. The molecule has 0 radical (unpaired) electrons. The third-order valence-electron chi connectivity index (χ3n) is 4.65. The summed E-state index contributed by atoms with van der Waals surface area (Å²) in [6, 6.07) is 9.60. The van der Waals surface area contributed by atoms with E-state index in [1.165, 1.54) is 24.2 Å². The SMILES string of the molecule is CCOC(=O)CCN(CC(=O)NC(c1ccccc1)c1nccs1)CC1CC1. The van der Waals surface area contributed by atoms with Crippen molar-refractivity contribution in [1.82, 2.24) is 15.2 Å². The number of ether oxygens (including phenoxy) is 1. The molecule has 150 valence electrons. The Morgan fingerprint density at radius 2 is 2.11 bits per heavy atom. The first-order valence-electron chi connectivity index (χ1n) is 9.77. The minimum atomic E-state index is -0.262. The number of aromatic nitrogens is 1. The molecule has 1 amide bonds. The van der Waals surface area contributed by atoms with Crippen LogP contribution in [0.3, 0.4) is 0 Å². The minimum Gasteiger partial charge on any atom is -0.466 e. The molecule has 1 unspecified atom stereocenters. The maximum atomic E-state index is 12.8. The number of carbonyl (C=O) groups excluding carboxylic acids is 2. The van der Waals surface area contributed by atoms with E-state index in [-0.39, 0.29) is 24.5 Å². The normalized spacial score (nSPS) is 14.6. The van der Waals surface area contributed by atoms with Gasteiger partial charge in [0, 0.05) is 24.7 Å². The number of hydrogen-bond donors (Lipinski definition) is 1. The predicted molar refractivity (Wildman–Crippen MR) is 109 cm³/mol. The van der Waals surface area contributed by atoms with Crippen LogP contribution in [0.4, 0.5) is 0 Å².